The summed E-state index contributed by atoms with van der Waals surface area (Å²) in [6, 6.07) is 0. The van der Waals surface area contributed by atoms with Gasteiger partial charge >= 0.3 is 0 Å². The number of likely N-dealkylation sites (N-methyl/N-ethyl adjacent to an activating group) is 1. The van der Waals surface area contributed by atoms with Crippen LogP contribution in [0.3, 0.4) is 0 Å². The summed E-state index contributed by atoms with van der Waals surface area (Å²) in [5.74, 6) is 1.56. The van der Waals surface area contributed by atoms with Gasteiger partial charge in [-0.25, -0.2) is 4.98 Å². The van der Waals surface area contributed by atoms with Gasteiger partial charge in [-0.05, 0) is 13.5 Å². The molecule has 0 aliphatic heterocycles. The quantitative estimate of drug-likeness (QED) is 0.797. The van der Waals surface area contributed by atoms with Crippen LogP contribution in [0, 0.1) is 6.92 Å². The molecular formula is C12H18N4O. The topological polar surface area (TPSA) is 55.9 Å². The molecule has 0 aromatic carbocycles. The van der Waals surface area contributed by atoms with Crippen LogP contribution in [-0.4, -0.2) is 27.9 Å². The van der Waals surface area contributed by atoms with Crippen molar-refractivity contribution in [2.75, 3.05) is 13.1 Å². The van der Waals surface area contributed by atoms with Crippen LogP contribution in [0.1, 0.15) is 18.5 Å². The first-order valence-corrected chi connectivity index (χ1v) is 5.86. The van der Waals surface area contributed by atoms with Crippen LogP contribution >= 0.6 is 0 Å². The Kier molecular flexibility index (Phi) is 3.58. The van der Waals surface area contributed by atoms with Gasteiger partial charge < -0.3 is 9.73 Å². The Hall–Kier alpha value is -1.62. The Bertz CT molecular complexity index is 486. The summed E-state index contributed by atoms with van der Waals surface area (Å²) in [6.07, 6.45) is 4.39. The highest BCUT2D eigenvalue weighted by Crippen LogP contribution is 2.23. The summed E-state index contributed by atoms with van der Waals surface area (Å²) < 4.78 is 7.54. The van der Waals surface area contributed by atoms with E-state index in [-0.39, 0.29) is 0 Å². The van der Waals surface area contributed by atoms with E-state index in [1.54, 1.807) is 6.20 Å². The Labute approximate surface area is 101 Å². The van der Waals surface area contributed by atoms with Crippen molar-refractivity contribution in [1.29, 1.82) is 0 Å². The lowest BCUT2D eigenvalue weighted by molar-refractivity contribution is 0.497. The Balaban J connectivity index is 2.10. The minimum Gasteiger partial charge on any atom is -0.441 e. The van der Waals surface area contributed by atoms with Gasteiger partial charge in [0.15, 0.2) is 11.7 Å². The molecule has 0 spiro atoms. The van der Waals surface area contributed by atoms with Crippen LogP contribution in [0.2, 0.25) is 0 Å². The molecule has 17 heavy (non-hydrogen) atoms. The van der Waals surface area contributed by atoms with Crippen molar-refractivity contribution in [3.63, 3.8) is 0 Å². The number of hydrogen-bond donors (Lipinski definition) is 1. The number of rotatable bonds is 5. The molecule has 0 radical (unpaired) electrons. The van der Waals surface area contributed by atoms with E-state index < -0.39 is 0 Å². The Morgan fingerprint density at radius 3 is 2.88 bits per heavy atom. The predicted octanol–water partition coefficient (Wildman–Crippen LogP) is 1.54. The average Bonchev–Trinajstić information content (AvgIpc) is 2.89. The minimum absolute atomic E-state index is 0.768. The number of nitrogens with zero attached hydrogens (tertiary/aromatic N) is 3. The molecule has 92 valence electrons. The molecule has 5 heteroatoms. The van der Waals surface area contributed by atoms with E-state index in [1.807, 2.05) is 24.9 Å². The smallest absolute Gasteiger partial charge is 0.196 e. The van der Waals surface area contributed by atoms with E-state index in [0.717, 1.165) is 42.4 Å². The largest absolute Gasteiger partial charge is 0.441 e. The summed E-state index contributed by atoms with van der Waals surface area (Å²) in [5.41, 5.74) is 2.09. The monoisotopic (exact) mass is 234 g/mol. The van der Waals surface area contributed by atoms with E-state index in [1.165, 1.54) is 0 Å². The van der Waals surface area contributed by atoms with Gasteiger partial charge in [-0.3, -0.25) is 4.68 Å². The zero-order valence-corrected chi connectivity index (χ0v) is 10.5. The molecule has 0 amide bonds. The van der Waals surface area contributed by atoms with Gasteiger partial charge in [0.1, 0.15) is 0 Å². The van der Waals surface area contributed by atoms with Crippen molar-refractivity contribution < 1.29 is 4.42 Å². The maximum absolute atomic E-state index is 5.71. The van der Waals surface area contributed by atoms with E-state index in [9.17, 15) is 0 Å². The number of oxazole rings is 1. The zero-order valence-electron chi connectivity index (χ0n) is 10.5. The molecule has 0 aliphatic rings. The molecular weight excluding hydrogens is 216 g/mol. The van der Waals surface area contributed by atoms with Gasteiger partial charge in [0, 0.05) is 25.7 Å². The molecule has 0 saturated carbocycles. The van der Waals surface area contributed by atoms with Crippen LogP contribution in [0.15, 0.2) is 16.8 Å². The van der Waals surface area contributed by atoms with Crippen molar-refractivity contribution in [2.24, 2.45) is 7.05 Å². The third-order valence-electron chi connectivity index (χ3n) is 2.82. The van der Waals surface area contributed by atoms with E-state index >= 15 is 0 Å². The Morgan fingerprint density at radius 1 is 1.41 bits per heavy atom. The van der Waals surface area contributed by atoms with Crippen LogP contribution in [0.5, 0.6) is 0 Å². The molecule has 1 N–H and O–H groups in total. The number of aryl methyl sites for hydroxylation is 1. The molecule has 0 unspecified atom stereocenters. The molecule has 0 atom stereocenters. The normalized spacial score (nSPS) is 11.0. The van der Waals surface area contributed by atoms with Crippen molar-refractivity contribution >= 4 is 0 Å². The van der Waals surface area contributed by atoms with Crippen LogP contribution < -0.4 is 5.32 Å². The van der Waals surface area contributed by atoms with Crippen molar-refractivity contribution in [3.8, 4) is 11.3 Å². The van der Waals surface area contributed by atoms with Gasteiger partial charge in [-0.1, -0.05) is 6.92 Å². The van der Waals surface area contributed by atoms with Gasteiger partial charge in [0.05, 0.1) is 18.0 Å². The molecule has 2 rings (SSSR count). The minimum atomic E-state index is 0.768. The maximum Gasteiger partial charge on any atom is 0.196 e. The lowest BCUT2D eigenvalue weighted by Gasteiger charge is -1.97. The van der Waals surface area contributed by atoms with E-state index in [4.69, 9.17) is 4.42 Å². The summed E-state index contributed by atoms with van der Waals surface area (Å²) in [5, 5.41) is 7.44. The maximum atomic E-state index is 5.71. The summed E-state index contributed by atoms with van der Waals surface area (Å²) in [7, 11) is 1.92. The summed E-state index contributed by atoms with van der Waals surface area (Å²) in [6.45, 7) is 5.96. The van der Waals surface area contributed by atoms with Crippen molar-refractivity contribution in [2.45, 2.75) is 20.3 Å². The standard InChI is InChI=1S/C12H18N4O/c1-4-13-6-5-12-14-8-11(17-12)10-7-15-16(3)9(10)2/h7-8,13H,4-6H2,1-3H3. The fourth-order valence-electron chi connectivity index (χ4n) is 1.66. The molecule has 0 aliphatic carbocycles. The summed E-state index contributed by atoms with van der Waals surface area (Å²) in [4.78, 5) is 4.27. The fourth-order valence-corrected chi connectivity index (χ4v) is 1.66. The summed E-state index contributed by atoms with van der Waals surface area (Å²) >= 11 is 0. The van der Waals surface area contributed by atoms with Crippen LogP contribution in [0.4, 0.5) is 0 Å². The molecule has 5 nitrogen and oxygen atoms in total. The first kappa shape index (κ1) is 11.9. The highest BCUT2D eigenvalue weighted by Gasteiger charge is 2.11. The number of nitrogens with one attached hydrogen (secondary N) is 1. The second-order valence-electron chi connectivity index (χ2n) is 3.99. The van der Waals surface area contributed by atoms with Gasteiger partial charge in [0.25, 0.3) is 0 Å². The molecule has 2 aromatic rings. The highest BCUT2D eigenvalue weighted by atomic mass is 16.4. The Morgan fingerprint density at radius 2 is 2.24 bits per heavy atom. The van der Waals surface area contributed by atoms with E-state index in [0.29, 0.717) is 0 Å². The molecule has 0 saturated heterocycles. The highest BCUT2D eigenvalue weighted by molar-refractivity contribution is 5.58. The number of aromatic nitrogens is 3. The van der Waals surface area contributed by atoms with Crippen molar-refractivity contribution in [1.82, 2.24) is 20.1 Å². The SMILES string of the molecule is CCNCCc1ncc(-c2cnn(C)c2C)o1. The molecule has 0 fully saturated rings. The zero-order chi connectivity index (χ0) is 12.3. The fraction of sp³-hybridized carbons (Fsp3) is 0.500. The second kappa shape index (κ2) is 5.14. The first-order valence-electron chi connectivity index (χ1n) is 5.86. The molecule has 2 aromatic heterocycles. The second-order valence-corrected chi connectivity index (χ2v) is 3.99. The first-order chi connectivity index (χ1) is 8.22. The van der Waals surface area contributed by atoms with Crippen LogP contribution in [-0.2, 0) is 13.5 Å². The average molecular weight is 234 g/mol. The molecule has 2 heterocycles. The van der Waals surface area contributed by atoms with Gasteiger partial charge in [-0.2, -0.15) is 5.10 Å². The van der Waals surface area contributed by atoms with Crippen LogP contribution in [0.25, 0.3) is 11.3 Å². The third kappa shape index (κ3) is 2.55. The third-order valence-corrected chi connectivity index (χ3v) is 2.82. The lowest BCUT2D eigenvalue weighted by Crippen LogP contribution is -2.16. The number of hydrogen-bond acceptors (Lipinski definition) is 4. The van der Waals surface area contributed by atoms with E-state index in [2.05, 4.69) is 22.3 Å². The predicted molar refractivity (Wildman–Crippen MR) is 65.7 cm³/mol. The van der Waals surface area contributed by atoms with Crippen molar-refractivity contribution in [3.05, 3.63) is 24.0 Å². The van der Waals surface area contributed by atoms with Gasteiger partial charge in [0.2, 0.25) is 0 Å². The van der Waals surface area contributed by atoms with Gasteiger partial charge in [-0.15, -0.1) is 0 Å². The lowest BCUT2D eigenvalue weighted by atomic mass is 10.2. The molecule has 0 bridgehead atoms.